The van der Waals surface area contributed by atoms with Gasteiger partial charge in [0.25, 0.3) is 5.91 Å². The van der Waals surface area contributed by atoms with Gasteiger partial charge in [0.2, 0.25) is 0 Å². The van der Waals surface area contributed by atoms with Crippen molar-refractivity contribution in [2.24, 2.45) is 22.7 Å². The smallest absolute Gasteiger partial charge is 0.304 e. The zero-order valence-electron chi connectivity index (χ0n) is 28.6. The molecule has 1 spiro atoms. The largest absolute Gasteiger partial charge is 0.481 e. The number of aliphatic imine (C=N–C) groups is 1. The summed E-state index contributed by atoms with van der Waals surface area (Å²) in [6.07, 6.45) is 11.1. The number of hydrogen-bond donors (Lipinski definition) is 2. The van der Waals surface area contributed by atoms with Gasteiger partial charge < -0.3 is 15.3 Å². The topological polar surface area (TPSA) is 99.1 Å². The van der Waals surface area contributed by atoms with Crippen LogP contribution in [0.3, 0.4) is 0 Å². The van der Waals surface area contributed by atoms with Crippen molar-refractivity contribution in [2.75, 3.05) is 13.6 Å². The molecule has 254 valence electrons. The molecule has 0 aromatic heterocycles. The molecule has 2 N–H and O–H groups in total. The lowest BCUT2D eigenvalue weighted by Crippen LogP contribution is -2.51. The SMILES string of the molecule is CC.CC(C)CCC(c1ccc(C=O)cc1)N1C(=O)C(C2=CC(Cl)=CCC(F)=C2)=NC12CCC(C(C)C)CC2.CNCCC(=O)O. The van der Waals surface area contributed by atoms with E-state index < -0.39 is 11.6 Å². The van der Waals surface area contributed by atoms with E-state index in [0.29, 0.717) is 46.2 Å². The average Bonchev–Trinajstić information content (AvgIpc) is 3.18. The fraction of sp³-hybridized carbons (Fsp3) is 0.568. The number of carbonyl (C=O) groups is 3. The lowest BCUT2D eigenvalue weighted by molar-refractivity contribution is -0.137. The molecule has 0 saturated heterocycles. The maximum atomic E-state index is 14.5. The number of nitrogens with zero attached hydrogens (tertiary/aromatic N) is 2. The summed E-state index contributed by atoms with van der Waals surface area (Å²) < 4.78 is 14.5. The predicted octanol–water partition coefficient (Wildman–Crippen LogP) is 8.82. The fourth-order valence-electron chi connectivity index (χ4n) is 6.13. The number of carboxylic acids is 1. The van der Waals surface area contributed by atoms with E-state index in [1.54, 1.807) is 19.2 Å². The number of benzene rings is 1. The van der Waals surface area contributed by atoms with Crippen LogP contribution in [-0.2, 0) is 9.59 Å². The van der Waals surface area contributed by atoms with Crippen molar-refractivity contribution in [1.29, 1.82) is 0 Å². The zero-order chi connectivity index (χ0) is 34.4. The van der Waals surface area contributed by atoms with Crippen LogP contribution in [0.25, 0.3) is 0 Å². The summed E-state index contributed by atoms with van der Waals surface area (Å²) in [5, 5.41) is 11.1. The number of carbonyl (C=O) groups excluding carboxylic acids is 2. The van der Waals surface area contributed by atoms with Gasteiger partial charge in [0.15, 0.2) is 0 Å². The minimum absolute atomic E-state index is 0.103. The standard InChI is InChI=1S/C31H38ClFN2O2.C4H9NO2.C2H6/c1-20(2)5-12-28(24-8-6-22(19-36)7-9-24)35-30(37)29(25-17-26(32)10-11-27(33)18-25)34-31(35)15-13-23(14-16-31)21(3)4;1-5-3-2-4(6)7;1-2/h6-10,17-21,23,28H,5,11-16H2,1-4H3;5H,2-3H2,1H3,(H,6,7);1-2H3. The Labute approximate surface area is 280 Å². The molecular weight excluding hydrogens is 605 g/mol. The third-order valence-corrected chi connectivity index (χ3v) is 8.97. The molecule has 3 aliphatic rings. The van der Waals surface area contributed by atoms with Crippen LogP contribution in [0.15, 0.2) is 63.9 Å². The van der Waals surface area contributed by atoms with E-state index in [0.717, 1.165) is 50.4 Å². The molecule has 9 heteroatoms. The third kappa shape index (κ3) is 10.7. The van der Waals surface area contributed by atoms with E-state index in [1.165, 1.54) is 6.08 Å². The summed E-state index contributed by atoms with van der Waals surface area (Å²) in [6, 6.07) is 7.34. The lowest BCUT2D eigenvalue weighted by Gasteiger charge is -2.46. The van der Waals surface area contributed by atoms with Crippen LogP contribution in [0.4, 0.5) is 4.39 Å². The van der Waals surface area contributed by atoms with Crippen molar-refractivity contribution >= 4 is 35.5 Å². The van der Waals surface area contributed by atoms with Crippen LogP contribution < -0.4 is 5.32 Å². The first kappa shape index (κ1) is 39.1. The van der Waals surface area contributed by atoms with E-state index in [2.05, 4.69) is 33.0 Å². The summed E-state index contributed by atoms with van der Waals surface area (Å²) >= 11 is 6.32. The number of aldehydes is 1. The van der Waals surface area contributed by atoms with Crippen molar-refractivity contribution < 1.29 is 23.9 Å². The van der Waals surface area contributed by atoms with Gasteiger partial charge in [-0.1, -0.05) is 83.5 Å². The first-order valence-corrected chi connectivity index (χ1v) is 17.1. The monoisotopic (exact) mass is 657 g/mol. The molecule has 1 aliphatic heterocycles. The molecule has 1 heterocycles. The maximum Gasteiger partial charge on any atom is 0.304 e. The van der Waals surface area contributed by atoms with Crippen molar-refractivity contribution in [3.8, 4) is 0 Å². The van der Waals surface area contributed by atoms with E-state index in [9.17, 15) is 18.8 Å². The second kappa shape index (κ2) is 18.9. The highest BCUT2D eigenvalue weighted by atomic mass is 35.5. The normalized spacial score (nSPS) is 21.7. The van der Waals surface area contributed by atoms with Gasteiger partial charge in [0, 0.05) is 29.1 Å². The highest BCUT2D eigenvalue weighted by molar-refractivity contribution is 6.48. The van der Waals surface area contributed by atoms with Gasteiger partial charge in [-0.25, -0.2) is 4.39 Å². The number of rotatable bonds is 11. The molecule has 1 saturated carbocycles. The van der Waals surface area contributed by atoms with E-state index in [-0.39, 0.29) is 30.6 Å². The molecule has 0 radical (unpaired) electrons. The van der Waals surface area contributed by atoms with Gasteiger partial charge in [-0.15, -0.1) is 0 Å². The molecule has 1 aromatic rings. The third-order valence-electron chi connectivity index (χ3n) is 8.71. The number of aliphatic carboxylic acids is 1. The molecule has 46 heavy (non-hydrogen) atoms. The summed E-state index contributed by atoms with van der Waals surface area (Å²) in [5.74, 6) is 0.369. The van der Waals surface area contributed by atoms with Crippen molar-refractivity contribution in [3.05, 3.63) is 70.1 Å². The number of halogens is 2. The molecule has 1 fully saturated rings. The Morgan fingerprint density at radius 2 is 1.76 bits per heavy atom. The van der Waals surface area contributed by atoms with Crippen LogP contribution in [0, 0.1) is 17.8 Å². The summed E-state index contributed by atoms with van der Waals surface area (Å²) in [5.41, 5.74) is 1.67. The van der Waals surface area contributed by atoms with Crippen LogP contribution in [0.5, 0.6) is 0 Å². The average molecular weight is 658 g/mol. The van der Waals surface area contributed by atoms with E-state index in [4.69, 9.17) is 21.7 Å². The highest BCUT2D eigenvalue weighted by Crippen LogP contribution is 2.48. The minimum Gasteiger partial charge on any atom is -0.481 e. The number of amides is 1. The molecular formula is C37H53ClFN3O4. The highest BCUT2D eigenvalue weighted by Gasteiger charge is 2.52. The van der Waals surface area contributed by atoms with Gasteiger partial charge in [0.1, 0.15) is 23.5 Å². The first-order valence-electron chi connectivity index (χ1n) is 16.7. The summed E-state index contributed by atoms with van der Waals surface area (Å²) in [7, 11) is 1.73. The molecule has 0 bridgehead atoms. The number of hydrogen-bond acceptors (Lipinski definition) is 5. The Morgan fingerprint density at radius 3 is 2.26 bits per heavy atom. The number of nitrogens with one attached hydrogen (secondary N) is 1. The number of allylic oxidation sites excluding steroid dienone is 5. The zero-order valence-corrected chi connectivity index (χ0v) is 29.4. The Kier molecular flexibility index (Phi) is 16.1. The molecule has 1 amide bonds. The first-order chi connectivity index (χ1) is 21.9. The van der Waals surface area contributed by atoms with E-state index in [1.807, 2.05) is 43.0 Å². The van der Waals surface area contributed by atoms with Crippen LogP contribution in [-0.4, -0.2) is 53.1 Å². The minimum atomic E-state index is -0.755. The Morgan fingerprint density at radius 1 is 1.13 bits per heavy atom. The van der Waals surface area contributed by atoms with Gasteiger partial charge in [0.05, 0.1) is 12.5 Å². The van der Waals surface area contributed by atoms with Gasteiger partial charge in [-0.2, -0.15) is 0 Å². The van der Waals surface area contributed by atoms with Crippen molar-refractivity contribution in [1.82, 2.24) is 10.2 Å². The molecule has 1 unspecified atom stereocenters. The molecule has 2 aliphatic carbocycles. The van der Waals surface area contributed by atoms with Crippen LogP contribution >= 0.6 is 11.6 Å². The van der Waals surface area contributed by atoms with Gasteiger partial charge in [-0.05, 0) is 81.0 Å². The van der Waals surface area contributed by atoms with Crippen molar-refractivity contribution in [3.63, 3.8) is 0 Å². The molecule has 4 rings (SSSR count). The second-order valence-corrected chi connectivity index (χ2v) is 13.1. The lowest BCUT2D eigenvalue weighted by atomic mass is 9.75. The van der Waals surface area contributed by atoms with Gasteiger partial charge in [-0.3, -0.25) is 19.4 Å². The van der Waals surface area contributed by atoms with Crippen molar-refractivity contribution in [2.45, 2.75) is 105 Å². The molecule has 1 atom stereocenters. The summed E-state index contributed by atoms with van der Waals surface area (Å²) in [4.78, 5) is 42.4. The van der Waals surface area contributed by atoms with Crippen LogP contribution in [0.1, 0.15) is 115 Å². The van der Waals surface area contributed by atoms with Crippen LogP contribution in [0.2, 0.25) is 0 Å². The Balaban J connectivity index is 0.000000724. The quantitative estimate of drug-likeness (QED) is 0.232. The maximum absolute atomic E-state index is 14.5. The number of carboxylic acid groups (broad SMARTS) is 1. The predicted molar refractivity (Wildman–Crippen MR) is 186 cm³/mol. The van der Waals surface area contributed by atoms with Gasteiger partial charge >= 0.3 is 5.97 Å². The molecule has 7 nitrogen and oxygen atoms in total. The fourth-order valence-corrected chi connectivity index (χ4v) is 6.32. The second-order valence-electron chi connectivity index (χ2n) is 12.7. The Hall–Kier alpha value is -3.10. The Bertz CT molecular complexity index is 1290. The molecule has 1 aromatic carbocycles. The van der Waals surface area contributed by atoms with E-state index >= 15 is 0 Å². The summed E-state index contributed by atoms with van der Waals surface area (Å²) in [6.45, 7) is 13.4.